The Labute approximate surface area is 114 Å². The summed E-state index contributed by atoms with van der Waals surface area (Å²) in [5.41, 5.74) is -0.231. The molecule has 1 saturated carbocycles. The first-order chi connectivity index (χ1) is 9.32. The fraction of sp³-hybridized carbons (Fsp3) is 0.500. The third-order valence-corrected chi connectivity index (χ3v) is 3.89. The van der Waals surface area contributed by atoms with Crippen LogP contribution in [-0.2, 0) is 16.1 Å². The van der Waals surface area contributed by atoms with Crippen molar-refractivity contribution in [1.82, 2.24) is 0 Å². The van der Waals surface area contributed by atoms with E-state index in [1.165, 1.54) is 12.1 Å². The molecule has 6 heteroatoms. The molecule has 1 N–H and O–H groups in total. The largest absolute Gasteiger partial charge is 0.481 e. The van der Waals surface area contributed by atoms with Crippen LogP contribution in [-0.4, -0.2) is 17.9 Å². The monoisotopic (exact) mass is 284 g/mol. The van der Waals surface area contributed by atoms with Crippen LogP contribution < -0.4 is 9.47 Å². The molecule has 20 heavy (non-hydrogen) atoms. The number of carboxylic acid groups (broad SMARTS) is 1. The van der Waals surface area contributed by atoms with Gasteiger partial charge in [0.05, 0.1) is 6.42 Å². The molecule has 3 rings (SSSR count). The number of hydrogen-bond donors (Lipinski definition) is 1. The second-order valence-corrected chi connectivity index (χ2v) is 5.50. The van der Waals surface area contributed by atoms with Gasteiger partial charge in [-0.15, -0.1) is 0 Å². The molecule has 0 saturated heterocycles. The van der Waals surface area contributed by atoms with Gasteiger partial charge in [0.1, 0.15) is 0 Å². The van der Waals surface area contributed by atoms with Crippen LogP contribution in [0.25, 0.3) is 0 Å². The summed E-state index contributed by atoms with van der Waals surface area (Å²) >= 11 is 0. The van der Waals surface area contributed by atoms with Crippen molar-refractivity contribution in [1.29, 1.82) is 0 Å². The predicted octanol–water partition coefficient (Wildman–Crippen LogP) is 3.03. The third-order valence-electron chi connectivity index (χ3n) is 3.89. The van der Waals surface area contributed by atoms with Crippen LogP contribution in [0.3, 0.4) is 0 Å². The normalized spacial score (nSPS) is 18.9. The standard InChI is InChI=1S/C14H14F2O4/c1-13(15,16)8-4-9(12-10(5-8)19-7-20-12)14(2-3-14)6-11(17)18/h4-5H,2-3,6-7H2,1H3,(H,17,18). The summed E-state index contributed by atoms with van der Waals surface area (Å²) in [6.45, 7) is 0.787. The van der Waals surface area contributed by atoms with Gasteiger partial charge in [-0.2, -0.15) is 0 Å². The van der Waals surface area contributed by atoms with E-state index >= 15 is 0 Å². The van der Waals surface area contributed by atoms with E-state index in [0.717, 1.165) is 6.92 Å². The molecule has 1 aliphatic carbocycles. The zero-order chi connectivity index (χ0) is 14.5. The maximum atomic E-state index is 13.6. The molecule has 0 aromatic heterocycles. The second-order valence-electron chi connectivity index (χ2n) is 5.50. The zero-order valence-corrected chi connectivity index (χ0v) is 10.9. The van der Waals surface area contributed by atoms with Gasteiger partial charge in [-0.25, -0.2) is 8.78 Å². The summed E-state index contributed by atoms with van der Waals surface area (Å²) in [5, 5.41) is 9.01. The minimum absolute atomic E-state index is 0.0236. The smallest absolute Gasteiger partial charge is 0.304 e. The number of benzene rings is 1. The summed E-state index contributed by atoms with van der Waals surface area (Å²) < 4.78 is 37.7. The van der Waals surface area contributed by atoms with E-state index in [9.17, 15) is 13.6 Å². The molecule has 0 bridgehead atoms. The van der Waals surface area contributed by atoms with Gasteiger partial charge in [0.25, 0.3) is 5.92 Å². The maximum Gasteiger partial charge on any atom is 0.304 e. The van der Waals surface area contributed by atoms with Gasteiger partial charge in [0, 0.05) is 23.5 Å². The molecule has 0 atom stereocenters. The van der Waals surface area contributed by atoms with Crippen LogP contribution in [0.2, 0.25) is 0 Å². The van der Waals surface area contributed by atoms with Gasteiger partial charge in [-0.05, 0) is 25.0 Å². The number of rotatable bonds is 4. The van der Waals surface area contributed by atoms with Crippen molar-refractivity contribution < 1.29 is 28.2 Å². The minimum Gasteiger partial charge on any atom is -0.481 e. The Balaban J connectivity index is 2.10. The molecule has 1 aliphatic heterocycles. The lowest BCUT2D eigenvalue weighted by Crippen LogP contribution is -2.16. The number of fused-ring (bicyclic) bond motifs is 1. The molecule has 1 heterocycles. The SMILES string of the molecule is CC(F)(F)c1cc2c(c(C3(CC(=O)O)CC3)c1)OCO2. The fourth-order valence-corrected chi connectivity index (χ4v) is 2.64. The Morgan fingerprint density at radius 2 is 2.10 bits per heavy atom. The summed E-state index contributed by atoms with van der Waals surface area (Å²) in [6, 6.07) is 2.63. The van der Waals surface area contributed by atoms with Gasteiger partial charge < -0.3 is 14.6 Å². The second kappa shape index (κ2) is 4.07. The van der Waals surface area contributed by atoms with Crippen LogP contribution in [0.15, 0.2) is 12.1 Å². The first kappa shape index (κ1) is 13.1. The van der Waals surface area contributed by atoms with Crippen molar-refractivity contribution in [2.75, 3.05) is 6.79 Å². The Morgan fingerprint density at radius 1 is 1.40 bits per heavy atom. The summed E-state index contributed by atoms with van der Waals surface area (Å²) in [5.74, 6) is -3.26. The van der Waals surface area contributed by atoms with E-state index in [1.807, 2.05) is 0 Å². The van der Waals surface area contributed by atoms with Crippen molar-refractivity contribution in [2.45, 2.75) is 37.5 Å². The van der Waals surface area contributed by atoms with Gasteiger partial charge in [-0.3, -0.25) is 4.79 Å². The van der Waals surface area contributed by atoms with E-state index < -0.39 is 17.3 Å². The molecule has 1 aromatic rings. The van der Waals surface area contributed by atoms with Crippen LogP contribution in [0.5, 0.6) is 11.5 Å². The predicted molar refractivity (Wildman–Crippen MR) is 65.3 cm³/mol. The fourth-order valence-electron chi connectivity index (χ4n) is 2.64. The minimum atomic E-state index is -3.00. The van der Waals surface area contributed by atoms with E-state index in [0.29, 0.717) is 24.2 Å². The molecule has 4 nitrogen and oxygen atoms in total. The van der Waals surface area contributed by atoms with Gasteiger partial charge >= 0.3 is 5.97 Å². The number of carboxylic acids is 1. The molecule has 1 fully saturated rings. The average molecular weight is 284 g/mol. The Kier molecular flexibility index (Phi) is 2.68. The third kappa shape index (κ3) is 2.09. The van der Waals surface area contributed by atoms with Crippen molar-refractivity contribution in [3.63, 3.8) is 0 Å². The highest BCUT2D eigenvalue weighted by atomic mass is 19.3. The Hall–Kier alpha value is -1.85. The molecule has 108 valence electrons. The van der Waals surface area contributed by atoms with Crippen LogP contribution in [0.1, 0.15) is 37.3 Å². The summed E-state index contributed by atoms with van der Waals surface area (Å²) in [6.07, 6.45) is 1.24. The van der Waals surface area contributed by atoms with Crippen LogP contribution in [0.4, 0.5) is 8.78 Å². The quantitative estimate of drug-likeness (QED) is 0.923. The molecule has 0 spiro atoms. The molecule has 0 unspecified atom stereocenters. The maximum absolute atomic E-state index is 13.6. The number of carbonyl (C=O) groups is 1. The lowest BCUT2D eigenvalue weighted by Gasteiger charge is -2.19. The first-order valence-electron chi connectivity index (χ1n) is 6.36. The number of aliphatic carboxylic acids is 1. The van der Waals surface area contributed by atoms with Gasteiger partial charge in [-0.1, -0.05) is 0 Å². The number of halogens is 2. The topological polar surface area (TPSA) is 55.8 Å². The molecule has 0 radical (unpaired) electrons. The van der Waals surface area contributed by atoms with E-state index in [2.05, 4.69) is 0 Å². The van der Waals surface area contributed by atoms with Gasteiger partial charge in [0.2, 0.25) is 6.79 Å². The zero-order valence-electron chi connectivity index (χ0n) is 10.9. The molecular weight excluding hydrogens is 270 g/mol. The van der Waals surface area contributed by atoms with E-state index in [1.54, 1.807) is 0 Å². The number of ether oxygens (including phenoxy) is 2. The Bertz CT molecular complexity index is 573. The lowest BCUT2D eigenvalue weighted by atomic mass is 9.89. The highest BCUT2D eigenvalue weighted by molar-refractivity contribution is 5.71. The highest BCUT2D eigenvalue weighted by Crippen LogP contribution is 2.57. The Morgan fingerprint density at radius 3 is 2.65 bits per heavy atom. The van der Waals surface area contributed by atoms with Crippen molar-refractivity contribution in [3.8, 4) is 11.5 Å². The van der Waals surface area contributed by atoms with Crippen molar-refractivity contribution in [2.24, 2.45) is 0 Å². The van der Waals surface area contributed by atoms with Crippen molar-refractivity contribution in [3.05, 3.63) is 23.3 Å². The van der Waals surface area contributed by atoms with Crippen LogP contribution in [0, 0.1) is 0 Å². The molecule has 1 aromatic carbocycles. The molecule has 0 amide bonds. The average Bonchev–Trinajstić information content (AvgIpc) is 2.94. The number of hydrogen-bond acceptors (Lipinski definition) is 3. The molecule has 2 aliphatic rings. The summed E-state index contributed by atoms with van der Waals surface area (Å²) in [4.78, 5) is 11.0. The summed E-state index contributed by atoms with van der Waals surface area (Å²) in [7, 11) is 0. The van der Waals surface area contributed by atoms with Crippen molar-refractivity contribution >= 4 is 5.97 Å². The first-order valence-corrected chi connectivity index (χ1v) is 6.36. The lowest BCUT2D eigenvalue weighted by molar-refractivity contribution is -0.137. The van der Waals surface area contributed by atoms with Crippen LogP contribution >= 0.6 is 0 Å². The highest BCUT2D eigenvalue weighted by Gasteiger charge is 2.49. The number of alkyl halides is 2. The van der Waals surface area contributed by atoms with E-state index in [4.69, 9.17) is 14.6 Å². The molecular formula is C14H14F2O4. The van der Waals surface area contributed by atoms with Gasteiger partial charge in [0.15, 0.2) is 11.5 Å². The van der Waals surface area contributed by atoms with E-state index in [-0.39, 0.29) is 24.5 Å².